The molecule has 0 aliphatic rings. The van der Waals surface area contributed by atoms with Crippen LogP contribution in [0.5, 0.6) is 0 Å². The van der Waals surface area contributed by atoms with Crippen molar-refractivity contribution in [1.82, 2.24) is 10.3 Å². The average molecular weight is 178 g/mol. The van der Waals surface area contributed by atoms with E-state index in [-0.39, 0.29) is 5.96 Å². The van der Waals surface area contributed by atoms with Gasteiger partial charge in [0.25, 0.3) is 0 Å². The zero-order chi connectivity index (χ0) is 9.68. The fourth-order valence-corrected chi connectivity index (χ4v) is 0.906. The molecule has 0 atom stereocenters. The van der Waals surface area contributed by atoms with Gasteiger partial charge in [-0.25, -0.2) is 5.84 Å². The summed E-state index contributed by atoms with van der Waals surface area (Å²) in [4.78, 5) is 0. The summed E-state index contributed by atoms with van der Waals surface area (Å²) in [6.07, 6.45) is 0. The minimum atomic E-state index is 0.212. The molecule has 13 heavy (non-hydrogen) atoms. The second kappa shape index (κ2) is 4.47. The molecule has 0 saturated heterocycles. The number of benzene rings is 1. The van der Waals surface area contributed by atoms with Crippen molar-refractivity contribution in [2.24, 2.45) is 5.84 Å². The molecule has 0 unspecified atom stereocenters. The first-order chi connectivity index (χ1) is 6.20. The Bertz CT molecular complexity index is 268. The third kappa shape index (κ3) is 3.13. The molecule has 1 aromatic carbocycles. The smallest absolute Gasteiger partial charge is 0.205 e. The van der Waals surface area contributed by atoms with Crippen LogP contribution in [0.1, 0.15) is 5.56 Å². The summed E-state index contributed by atoms with van der Waals surface area (Å²) in [6.45, 7) is 0.626. The van der Waals surface area contributed by atoms with Crippen LogP contribution in [0, 0.1) is 5.41 Å². The van der Waals surface area contributed by atoms with Crippen LogP contribution in [-0.2, 0) is 6.54 Å². The van der Waals surface area contributed by atoms with Gasteiger partial charge in [0.15, 0.2) is 0 Å². The predicted molar refractivity (Wildman–Crippen MR) is 53.0 cm³/mol. The zero-order valence-electron chi connectivity index (χ0n) is 7.62. The van der Waals surface area contributed by atoms with Crippen LogP contribution in [0.25, 0.3) is 0 Å². The number of nitrogens with two attached hydrogens (primary N) is 1. The Morgan fingerprint density at radius 3 is 2.62 bits per heavy atom. The highest BCUT2D eigenvalue weighted by molar-refractivity contribution is 5.75. The fourth-order valence-electron chi connectivity index (χ4n) is 0.906. The van der Waals surface area contributed by atoms with Gasteiger partial charge in [0.1, 0.15) is 0 Å². The largest absolute Gasteiger partial charge is 0.351 e. The molecule has 4 heteroatoms. The second-order valence-corrected chi connectivity index (χ2v) is 2.80. The van der Waals surface area contributed by atoms with Crippen LogP contribution in [0.2, 0.25) is 0 Å². The maximum absolute atomic E-state index is 7.38. The number of guanidine groups is 1. The Labute approximate surface area is 77.8 Å². The van der Waals surface area contributed by atoms with Crippen molar-refractivity contribution in [2.75, 3.05) is 7.05 Å². The highest BCUT2D eigenvalue weighted by Crippen LogP contribution is 1.96. The normalized spacial score (nSPS) is 9.38. The molecule has 70 valence electrons. The van der Waals surface area contributed by atoms with E-state index in [1.807, 2.05) is 30.3 Å². The Kier molecular flexibility index (Phi) is 3.28. The van der Waals surface area contributed by atoms with Gasteiger partial charge in [-0.15, -0.1) is 0 Å². The number of hydrogen-bond donors (Lipinski definition) is 3. The van der Waals surface area contributed by atoms with E-state index in [0.717, 1.165) is 5.56 Å². The van der Waals surface area contributed by atoms with E-state index in [2.05, 4.69) is 5.32 Å². The minimum Gasteiger partial charge on any atom is -0.351 e. The lowest BCUT2D eigenvalue weighted by Gasteiger charge is -2.14. The highest BCUT2D eigenvalue weighted by Gasteiger charge is 1.97. The lowest BCUT2D eigenvalue weighted by atomic mass is 10.2. The first kappa shape index (κ1) is 9.54. The van der Waals surface area contributed by atoms with Crippen LogP contribution in [0.4, 0.5) is 0 Å². The first-order valence-corrected chi connectivity index (χ1v) is 4.05. The van der Waals surface area contributed by atoms with Crippen LogP contribution in [0.3, 0.4) is 0 Å². The van der Waals surface area contributed by atoms with Gasteiger partial charge in [-0.2, -0.15) is 0 Å². The number of rotatable bonds is 2. The molecule has 0 radical (unpaired) electrons. The lowest BCUT2D eigenvalue weighted by Crippen LogP contribution is -2.41. The van der Waals surface area contributed by atoms with Gasteiger partial charge < -0.3 is 5.32 Å². The topological polar surface area (TPSA) is 65.1 Å². The molecule has 0 aromatic heterocycles. The van der Waals surface area contributed by atoms with Gasteiger partial charge in [0.05, 0.1) is 0 Å². The minimum absolute atomic E-state index is 0.212. The zero-order valence-corrected chi connectivity index (χ0v) is 7.62. The SMILES string of the molecule is CN(N)C(=N)NCc1ccccc1. The maximum Gasteiger partial charge on any atom is 0.205 e. The summed E-state index contributed by atoms with van der Waals surface area (Å²) in [6, 6.07) is 9.89. The van der Waals surface area contributed by atoms with Gasteiger partial charge in [0, 0.05) is 13.6 Å². The van der Waals surface area contributed by atoms with E-state index in [1.165, 1.54) is 5.01 Å². The molecule has 0 fully saturated rings. The molecule has 0 aliphatic carbocycles. The summed E-state index contributed by atoms with van der Waals surface area (Å²) in [5.74, 6) is 5.56. The Morgan fingerprint density at radius 1 is 1.46 bits per heavy atom. The van der Waals surface area contributed by atoms with Crippen molar-refractivity contribution in [3.63, 3.8) is 0 Å². The monoisotopic (exact) mass is 178 g/mol. The average Bonchev–Trinajstić information content (AvgIpc) is 2.15. The molecule has 0 saturated carbocycles. The standard InChI is InChI=1S/C9H14N4/c1-13(11)9(10)12-7-8-5-3-2-4-6-8/h2-6H,7,11H2,1H3,(H2,10,12). The molecule has 0 amide bonds. The van der Waals surface area contributed by atoms with E-state index < -0.39 is 0 Å². The summed E-state index contributed by atoms with van der Waals surface area (Å²) in [5, 5.41) is 11.5. The molecule has 0 heterocycles. The summed E-state index contributed by atoms with van der Waals surface area (Å²) in [7, 11) is 1.63. The van der Waals surface area contributed by atoms with Crippen molar-refractivity contribution in [2.45, 2.75) is 6.54 Å². The van der Waals surface area contributed by atoms with Gasteiger partial charge >= 0.3 is 0 Å². The second-order valence-electron chi connectivity index (χ2n) is 2.80. The molecule has 0 aliphatic heterocycles. The molecule has 1 aromatic rings. The van der Waals surface area contributed by atoms with Crippen LogP contribution in [-0.4, -0.2) is 18.0 Å². The van der Waals surface area contributed by atoms with Crippen LogP contribution in [0.15, 0.2) is 30.3 Å². The lowest BCUT2D eigenvalue weighted by molar-refractivity contribution is 0.506. The first-order valence-electron chi connectivity index (χ1n) is 4.05. The third-order valence-electron chi connectivity index (χ3n) is 1.66. The van der Waals surface area contributed by atoms with E-state index in [4.69, 9.17) is 11.3 Å². The molecular weight excluding hydrogens is 164 g/mol. The fraction of sp³-hybridized carbons (Fsp3) is 0.222. The Balaban J connectivity index is 2.40. The quantitative estimate of drug-likeness (QED) is 0.268. The number of hydrogen-bond acceptors (Lipinski definition) is 2. The number of nitrogens with one attached hydrogen (secondary N) is 2. The summed E-state index contributed by atoms with van der Waals surface area (Å²) >= 11 is 0. The van der Waals surface area contributed by atoms with Crippen molar-refractivity contribution < 1.29 is 0 Å². The molecule has 4 N–H and O–H groups in total. The van der Waals surface area contributed by atoms with Gasteiger partial charge in [-0.05, 0) is 5.56 Å². The van der Waals surface area contributed by atoms with Crippen LogP contribution >= 0.6 is 0 Å². The summed E-state index contributed by atoms with van der Waals surface area (Å²) < 4.78 is 0. The molecule has 1 rings (SSSR count). The van der Waals surface area contributed by atoms with E-state index in [0.29, 0.717) is 6.54 Å². The molecule has 0 spiro atoms. The van der Waals surface area contributed by atoms with Crippen LogP contribution < -0.4 is 11.2 Å². The summed E-state index contributed by atoms with van der Waals surface area (Å²) in [5.41, 5.74) is 1.13. The van der Waals surface area contributed by atoms with E-state index >= 15 is 0 Å². The van der Waals surface area contributed by atoms with Gasteiger partial charge in [0.2, 0.25) is 5.96 Å². The van der Waals surface area contributed by atoms with Crippen molar-refractivity contribution in [3.05, 3.63) is 35.9 Å². The molecule has 4 nitrogen and oxygen atoms in total. The van der Waals surface area contributed by atoms with Crippen molar-refractivity contribution >= 4 is 5.96 Å². The van der Waals surface area contributed by atoms with Crippen molar-refractivity contribution in [1.29, 1.82) is 5.41 Å². The highest BCUT2D eigenvalue weighted by atomic mass is 15.5. The predicted octanol–water partition coefficient (Wildman–Crippen LogP) is 0.516. The van der Waals surface area contributed by atoms with Gasteiger partial charge in [-0.3, -0.25) is 10.4 Å². The Hall–Kier alpha value is -1.55. The maximum atomic E-state index is 7.38. The Morgan fingerprint density at radius 2 is 2.08 bits per heavy atom. The number of hydrazine groups is 1. The van der Waals surface area contributed by atoms with E-state index in [9.17, 15) is 0 Å². The third-order valence-corrected chi connectivity index (χ3v) is 1.66. The van der Waals surface area contributed by atoms with E-state index in [1.54, 1.807) is 7.05 Å². The van der Waals surface area contributed by atoms with Crippen molar-refractivity contribution in [3.8, 4) is 0 Å². The molecule has 0 bridgehead atoms. The molecular formula is C9H14N4. The van der Waals surface area contributed by atoms with Gasteiger partial charge in [-0.1, -0.05) is 30.3 Å². The number of nitrogens with zero attached hydrogens (tertiary/aromatic N) is 1.